The van der Waals surface area contributed by atoms with Crippen LogP contribution in [0.25, 0.3) is 0 Å². The molecule has 0 radical (unpaired) electrons. The summed E-state index contributed by atoms with van der Waals surface area (Å²) in [7, 11) is -0.611. The molecule has 0 aromatic rings. The van der Waals surface area contributed by atoms with Crippen molar-refractivity contribution in [2.24, 2.45) is 5.41 Å². The van der Waals surface area contributed by atoms with Crippen LogP contribution in [0.5, 0.6) is 0 Å². The van der Waals surface area contributed by atoms with Gasteiger partial charge >= 0.3 is 0 Å². The van der Waals surface area contributed by atoms with Crippen molar-refractivity contribution in [1.82, 2.24) is 5.32 Å². The summed E-state index contributed by atoms with van der Waals surface area (Å²) >= 11 is 0. The molecule has 1 N–H and O–H groups in total. The number of nitrogens with one attached hydrogen (secondary N) is 1. The van der Waals surface area contributed by atoms with Crippen LogP contribution < -0.4 is 5.32 Å². The van der Waals surface area contributed by atoms with Crippen LogP contribution in [0.1, 0.15) is 40.0 Å². The van der Waals surface area contributed by atoms with Crippen LogP contribution in [0.3, 0.4) is 0 Å². The van der Waals surface area contributed by atoms with Crippen LogP contribution in [0.4, 0.5) is 0 Å². The largest absolute Gasteiger partial charge is 0.312 e. The molecule has 0 aromatic heterocycles. The molecule has 1 saturated carbocycles. The molecule has 1 saturated heterocycles. The maximum Gasteiger partial charge on any atom is 0.0509 e. The van der Waals surface area contributed by atoms with Gasteiger partial charge in [0.1, 0.15) is 0 Å². The molecule has 14 heavy (non-hydrogen) atoms. The lowest BCUT2D eigenvalue weighted by Crippen LogP contribution is -2.56. The Morgan fingerprint density at radius 2 is 2.14 bits per heavy atom. The van der Waals surface area contributed by atoms with Crippen molar-refractivity contribution in [3.63, 3.8) is 0 Å². The van der Waals surface area contributed by atoms with Gasteiger partial charge in [-0.05, 0) is 31.6 Å². The van der Waals surface area contributed by atoms with Gasteiger partial charge in [0.05, 0.1) is 5.25 Å². The van der Waals surface area contributed by atoms with E-state index in [0.29, 0.717) is 22.0 Å². The summed E-state index contributed by atoms with van der Waals surface area (Å²) in [5, 5.41) is 4.29. The summed E-state index contributed by atoms with van der Waals surface area (Å²) in [6, 6.07) is 0.528. The van der Waals surface area contributed by atoms with Crippen molar-refractivity contribution in [3.8, 4) is 0 Å². The number of hydrogen-bond acceptors (Lipinski definition) is 2. The van der Waals surface area contributed by atoms with Crippen molar-refractivity contribution in [2.45, 2.75) is 56.6 Å². The van der Waals surface area contributed by atoms with Crippen LogP contribution in [-0.2, 0) is 10.8 Å². The molecule has 1 heterocycles. The lowest BCUT2D eigenvalue weighted by molar-refractivity contribution is 0.206. The molecule has 0 spiro atoms. The minimum atomic E-state index is -0.611. The number of hydrogen-bond donors (Lipinski definition) is 1. The highest BCUT2D eigenvalue weighted by molar-refractivity contribution is 7.86. The van der Waals surface area contributed by atoms with Crippen molar-refractivity contribution >= 4 is 10.8 Å². The molecule has 0 aromatic carbocycles. The van der Waals surface area contributed by atoms with E-state index in [1.807, 2.05) is 0 Å². The second kappa shape index (κ2) is 3.60. The second-order valence-corrected chi connectivity index (χ2v) is 7.67. The van der Waals surface area contributed by atoms with Crippen LogP contribution in [0, 0.1) is 5.41 Å². The quantitative estimate of drug-likeness (QED) is 0.666. The van der Waals surface area contributed by atoms with Gasteiger partial charge in [-0.3, -0.25) is 4.21 Å². The van der Waals surface area contributed by atoms with Gasteiger partial charge in [-0.25, -0.2) is 0 Å². The summed E-state index contributed by atoms with van der Waals surface area (Å²) in [6.07, 6.45) is 3.60. The predicted octanol–water partition coefficient (Wildman–Crippen LogP) is 1.67. The Balaban J connectivity index is 2.13. The highest BCUT2D eigenvalue weighted by Gasteiger charge is 2.41. The van der Waals surface area contributed by atoms with Crippen molar-refractivity contribution in [3.05, 3.63) is 0 Å². The molecule has 1 aliphatic heterocycles. The third kappa shape index (κ3) is 1.89. The van der Waals surface area contributed by atoms with Gasteiger partial charge in [0, 0.05) is 28.6 Å². The van der Waals surface area contributed by atoms with Crippen LogP contribution in [0.2, 0.25) is 0 Å². The zero-order chi connectivity index (χ0) is 10.3. The van der Waals surface area contributed by atoms with Crippen molar-refractivity contribution < 1.29 is 4.21 Å². The molecular formula is C11H21NOS. The van der Waals surface area contributed by atoms with E-state index in [-0.39, 0.29) is 0 Å². The average Bonchev–Trinajstić information content (AvgIpc) is 2.11. The first kappa shape index (κ1) is 10.6. The maximum absolute atomic E-state index is 12.1. The van der Waals surface area contributed by atoms with Gasteiger partial charge in [0.2, 0.25) is 0 Å². The first-order valence-corrected chi connectivity index (χ1v) is 6.90. The molecule has 4 atom stereocenters. The average molecular weight is 215 g/mol. The minimum absolute atomic E-state index is 0.338. The Labute approximate surface area is 89.3 Å². The van der Waals surface area contributed by atoms with Gasteiger partial charge in [-0.2, -0.15) is 0 Å². The molecule has 4 unspecified atom stereocenters. The SMILES string of the molecule is CC1CNC2CCC(C)(C)CC2S1=O. The fraction of sp³-hybridized carbons (Fsp3) is 1.00. The van der Waals surface area contributed by atoms with E-state index >= 15 is 0 Å². The van der Waals surface area contributed by atoms with E-state index < -0.39 is 10.8 Å². The lowest BCUT2D eigenvalue weighted by atomic mass is 9.75. The predicted molar refractivity (Wildman–Crippen MR) is 60.8 cm³/mol. The molecule has 1 aliphatic carbocycles. The molecule has 3 heteroatoms. The third-order valence-electron chi connectivity index (χ3n) is 3.70. The topological polar surface area (TPSA) is 29.1 Å². The zero-order valence-corrected chi connectivity index (χ0v) is 10.2. The standard InChI is InChI=1S/C11H21NOS/c1-8-7-12-9-4-5-11(2,3)6-10(9)14(8)13/h8-10,12H,4-7H2,1-3H3. The molecule has 2 aliphatic rings. The van der Waals surface area contributed by atoms with Gasteiger partial charge in [-0.15, -0.1) is 0 Å². The van der Waals surface area contributed by atoms with E-state index in [1.54, 1.807) is 0 Å². The van der Waals surface area contributed by atoms with Crippen LogP contribution in [-0.4, -0.2) is 27.3 Å². The maximum atomic E-state index is 12.1. The fourth-order valence-electron chi connectivity index (χ4n) is 2.70. The molecule has 82 valence electrons. The van der Waals surface area contributed by atoms with Crippen molar-refractivity contribution in [2.75, 3.05) is 6.54 Å². The van der Waals surface area contributed by atoms with E-state index in [0.717, 1.165) is 13.0 Å². The molecule has 0 bridgehead atoms. The Hall–Kier alpha value is 0.110. The summed E-state index contributed by atoms with van der Waals surface area (Å²) < 4.78 is 12.1. The Morgan fingerprint density at radius 3 is 2.86 bits per heavy atom. The highest BCUT2D eigenvalue weighted by atomic mass is 32.2. The Bertz CT molecular complexity index is 252. The van der Waals surface area contributed by atoms with E-state index in [2.05, 4.69) is 26.1 Å². The monoisotopic (exact) mass is 215 g/mol. The van der Waals surface area contributed by atoms with Gasteiger partial charge in [0.25, 0.3) is 0 Å². The first-order chi connectivity index (χ1) is 6.49. The van der Waals surface area contributed by atoms with Gasteiger partial charge < -0.3 is 5.32 Å². The number of fused-ring (bicyclic) bond motifs is 1. The van der Waals surface area contributed by atoms with E-state index in [9.17, 15) is 4.21 Å². The lowest BCUT2D eigenvalue weighted by Gasteiger charge is -2.44. The minimum Gasteiger partial charge on any atom is -0.312 e. The van der Waals surface area contributed by atoms with Crippen molar-refractivity contribution in [1.29, 1.82) is 0 Å². The molecular weight excluding hydrogens is 194 g/mol. The summed E-state index contributed by atoms with van der Waals surface area (Å²) in [5.74, 6) is 0. The first-order valence-electron chi connectivity index (χ1n) is 5.62. The molecule has 2 rings (SSSR count). The zero-order valence-electron chi connectivity index (χ0n) is 9.38. The summed E-state index contributed by atoms with van der Waals surface area (Å²) in [4.78, 5) is 0. The van der Waals surface area contributed by atoms with Crippen LogP contribution in [0.15, 0.2) is 0 Å². The van der Waals surface area contributed by atoms with Gasteiger partial charge in [-0.1, -0.05) is 13.8 Å². The normalized spacial score (nSPS) is 47.1. The summed E-state index contributed by atoms with van der Waals surface area (Å²) in [5.41, 5.74) is 0.398. The van der Waals surface area contributed by atoms with Gasteiger partial charge in [0.15, 0.2) is 0 Å². The van der Waals surface area contributed by atoms with E-state index in [1.165, 1.54) is 12.8 Å². The van der Waals surface area contributed by atoms with Crippen LogP contribution >= 0.6 is 0 Å². The third-order valence-corrected chi connectivity index (χ3v) is 5.75. The fourth-order valence-corrected chi connectivity index (χ4v) is 4.73. The Kier molecular flexibility index (Phi) is 2.73. The molecule has 2 nitrogen and oxygen atoms in total. The molecule has 2 fully saturated rings. The smallest absolute Gasteiger partial charge is 0.0509 e. The van der Waals surface area contributed by atoms with E-state index in [4.69, 9.17) is 0 Å². The number of rotatable bonds is 0. The highest BCUT2D eigenvalue weighted by Crippen LogP contribution is 2.39. The summed E-state index contributed by atoms with van der Waals surface area (Å²) in [6.45, 7) is 7.65. The second-order valence-electron chi connectivity index (χ2n) is 5.60. The Morgan fingerprint density at radius 1 is 1.43 bits per heavy atom. The molecule has 0 amide bonds.